The molecule has 0 unspecified atom stereocenters. The largest absolute Gasteiger partial charge is 0.242 e. The molecule has 0 aliphatic heterocycles. The molecule has 0 aromatic rings. The molecule has 0 atom stereocenters. The van der Waals surface area contributed by atoms with Crippen LogP contribution < -0.4 is 5.32 Å². The zero-order valence-electron chi connectivity index (χ0n) is 13.9. The van der Waals surface area contributed by atoms with E-state index in [0.717, 1.165) is 19.0 Å². The van der Waals surface area contributed by atoms with Crippen molar-refractivity contribution >= 4 is 0 Å². The van der Waals surface area contributed by atoms with E-state index in [1.54, 1.807) is 0 Å². The summed E-state index contributed by atoms with van der Waals surface area (Å²) in [6.07, 6.45) is 16.5. The molecule has 0 saturated heterocycles. The van der Waals surface area contributed by atoms with Crippen LogP contribution in [0.15, 0.2) is 0 Å². The Hall–Kier alpha value is -0.0400. The third kappa shape index (κ3) is 14.2. The van der Waals surface area contributed by atoms with Crippen LogP contribution in [-0.2, 0) is 0 Å². The highest BCUT2D eigenvalue weighted by atomic mass is 14.8. The van der Waals surface area contributed by atoms with Gasteiger partial charge in [0.1, 0.15) is 0 Å². The Morgan fingerprint density at radius 1 is 0.632 bits per heavy atom. The monoisotopic (exact) mass is 268 g/mol. The third-order valence-electron chi connectivity index (χ3n) is 3.99. The van der Waals surface area contributed by atoms with Crippen LogP contribution >= 0.6 is 0 Å². The predicted molar refractivity (Wildman–Crippen MR) is 87.8 cm³/mol. The summed E-state index contributed by atoms with van der Waals surface area (Å²) >= 11 is 0. The summed E-state index contributed by atoms with van der Waals surface area (Å²) in [7, 11) is 0. The second-order valence-corrected chi connectivity index (χ2v) is 6.05. The zero-order chi connectivity index (χ0) is 14.2. The van der Waals surface area contributed by atoms with Crippen LogP contribution in [0.4, 0.5) is 0 Å². The smallest absolute Gasteiger partial charge is 0.0161 e. The molecular formula is C18H38N. The lowest BCUT2D eigenvalue weighted by molar-refractivity contribution is 0.388. The number of hydrogen-bond acceptors (Lipinski definition) is 0. The Morgan fingerprint density at radius 3 is 1.74 bits per heavy atom. The summed E-state index contributed by atoms with van der Waals surface area (Å²) in [5.74, 6) is 0.875. The Kier molecular flexibility index (Phi) is 16.0. The number of unbranched alkanes of at least 4 members (excludes halogenated alkanes) is 7. The van der Waals surface area contributed by atoms with Crippen LogP contribution in [0.1, 0.15) is 97.8 Å². The van der Waals surface area contributed by atoms with Crippen LogP contribution in [0, 0.1) is 5.92 Å². The van der Waals surface area contributed by atoms with Crippen molar-refractivity contribution in [1.29, 1.82) is 0 Å². The maximum absolute atomic E-state index is 4.80. The van der Waals surface area contributed by atoms with Gasteiger partial charge in [0, 0.05) is 13.1 Å². The van der Waals surface area contributed by atoms with Crippen molar-refractivity contribution in [2.75, 3.05) is 13.1 Å². The Labute approximate surface area is 122 Å². The third-order valence-corrected chi connectivity index (χ3v) is 3.99. The van der Waals surface area contributed by atoms with Crippen molar-refractivity contribution in [2.45, 2.75) is 97.8 Å². The molecule has 0 aliphatic carbocycles. The maximum Gasteiger partial charge on any atom is 0.0161 e. The van der Waals surface area contributed by atoms with Crippen LogP contribution in [0.5, 0.6) is 0 Å². The van der Waals surface area contributed by atoms with E-state index in [4.69, 9.17) is 5.32 Å². The van der Waals surface area contributed by atoms with Gasteiger partial charge in [-0.05, 0) is 25.2 Å². The Morgan fingerprint density at radius 2 is 1.16 bits per heavy atom. The molecular weight excluding hydrogens is 230 g/mol. The first-order valence-corrected chi connectivity index (χ1v) is 8.98. The normalized spacial score (nSPS) is 11.4. The van der Waals surface area contributed by atoms with Gasteiger partial charge in [-0.3, -0.25) is 0 Å². The van der Waals surface area contributed by atoms with Crippen LogP contribution in [0.3, 0.4) is 0 Å². The average Bonchev–Trinajstić information content (AvgIpc) is 2.43. The molecule has 0 saturated carbocycles. The van der Waals surface area contributed by atoms with E-state index in [1.165, 1.54) is 77.0 Å². The first-order valence-electron chi connectivity index (χ1n) is 8.98. The van der Waals surface area contributed by atoms with Crippen molar-refractivity contribution in [1.82, 2.24) is 5.32 Å². The van der Waals surface area contributed by atoms with Gasteiger partial charge in [-0.15, -0.1) is 0 Å². The lowest BCUT2D eigenvalue weighted by atomic mass is 9.96. The summed E-state index contributed by atoms with van der Waals surface area (Å²) in [6, 6.07) is 0. The summed E-state index contributed by atoms with van der Waals surface area (Å²) < 4.78 is 0. The highest BCUT2D eigenvalue weighted by Crippen LogP contribution is 2.15. The molecule has 0 bridgehead atoms. The van der Waals surface area contributed by atoms with Crippen molar-refractivity contribution in [3.05, 3.63) is 0 Å². The Balaban J connectivity index is 3.40. The molecule has 0 amide bonds. The fourth-order valence-electron chi connectivity index (χ4n) is 2.59. The Bertz CT molecular complexity index is 148. The van der Waals surface area contributed by atoms with Gasteiger partial charge in [-0.25, -0.2) is 5.32 Å². The topological polar surface area (TPSA) is 14.1 Å². The highest BCUT2D eigenvalue weighted by molar-refractivity contribution is 4.63. The van der Waals surface area contributed by atoms with E-state index in [1.807, 2.05) is 0 Å². The molecule has 1 radical (unpaired) electrons. The van der Waals surface area contributed by atoms with Crippen LogP contribution in [0.2, 0.25) is 0 Å². The molecule has 19 heavy (non-hydrogen) atoms. The van der Waals surface area contributed by atoms with Gasteiger partial charge >= 0.3 is 0 Å². The second-order valence-electron chi connectivity index (χ2n) is 6.05. The first kappa shape index (κ1) is 19.0. The SMILES string of the molecule is CCCCCCCC[N]CC(CCCC)CCCC. The zero-order valence-corrected chi connectivity index (χ0v) is 13.9. The van der Waals surface area contributed by atoms with Crippen LogP contribution in [0.25, 0.3) is 0 Å². The molecule has 0 N–H and O–H groups in total. The minimum Gasteiger partial charge on any atom is -0.242 e. The predicted octanol–water partition coefficient (Wildman–Crippen LogP) is 5.95. The number of hydrogen-bond donors (Lipinski definition) is 0. The van der Waals surface area contributed by atoms with E-state index >= 15 is 0 Å². The summed E-state index contributed by atoms with van der Waals surface area (Å²) in [5.41, 5.74) is 0. The van der Waals surface area contributed by atoms with Crippen molar-refractivity contribution in [3.8, 4) is 0 Å². The summed E-state index contributed by atoms with van der Waals surface area (Å²) in [6.45, 7) is 9.12. The maximum atomic E-state index is 4.80. The minimum atomic E-state index is 0.875. The fraction of sp³-hybridized carbons (Fsp3) is 1.00. The van der Waals surface area contributed by atoms with Gasteiger partial charge in [0.05, 0.1) is 0 Å². The number of rotatable bonds is 15. The highest BCUT2D eigenvalue weighted by Gasteiger charge is 2.07. The van der Waals surface area contributed by atoms with E-state index in [0.29, 0.717) is 0 Å². The quantitative estimate of drug-likeness (QED) is 0.326. The van der Waals surface area contributed by atoms with E-state index in [9.17, 15) is 0 Å². The fourth-order valence-corrected chi connectivity index (χ4v) is 2.59. The molecule has 0 fully saturated rings. The molecule has 0 aromatic carbocycles. The molecule has 1 heteroatoms. The van der Waals surface area contributed by atoms with Gasteiger partial charge < -0.3 is 0 Å². The second kappa shape index (κ2) is 16.0. The molecule has 0 aromatic heterocycles. The van der Waals surface area contributed by atoms with Crippen molar-refractivity contribution in [3.63, 3.8) is 0 Å². The van der Waals surface area contributed by atoms with E-state index in [2.05, 4.69) is 20.8 Å². The standard InChI is InChI=1S/C18H38N/c1-4-7-10-11-12-13-16-19-17-18(14-8-5-2)15-9-6-3/h18H,4-17H2,1-3H3. The lowest BCUT2D eigenvalue weighted by Crippen LogP contribution is -2.18. The molecule has 1 nitrogen and oxygen atoms in total. The van der Waals surface area contributed by atoms with Crippen molar-refractivity contribution in [2.24, 2.45) is 5.92 Å². The number of nitrogens with zero attached hydrogens (tertiary/aromatic N) is 1. The van der Waals surface area contributed by atoms with E-state index < -0.39 is 0 Å². The lowest BCUT2D eigenvalue weighted by Gasteiger charge is -2.16. The van der Waals surface area contributed by atoms with Crippen LogP contribution in [-0.4, -0.2) is 13.1 Å². The van der Waals surface area contributed by atoms with Gasteiger partial charge in [0.15, 0.2) is 0 Å². The molecule has 0 rings (SSSR count). The van der Waals surface area contributed by atoms with Gasteiger partial charge in [-0.2, -0.15) is 0 Å². The first-order chi connectivity index (χ1) is 9.35. The summed E-state index contributed by atoms with van der Waals surface area (Å²) in [4.78, 5) is 0. The minimum absolute atomic E-state index is 0.875. The van der Waals surface area contributed by atoms with E-state index in [-0.39, 0.29) is 0 Å². The molecule has 0 spiro atoms. The molecule has 0 heterocycles. The summed E-state index contributed by atoms with van der Waals surface area (Å²) in [5, 5.41) is 4.80. The average molecular weight is 269 g/mol. The van der Waals surface area contributed by atoms with Gasteiger partial charge in [0.25, 0.3) is 0 Å². The van der Waals surface area contributed by atoms with Crippen molar-refractivity contribution < 1.29 is 0 Å². The molecule has 0 aliphatic rings. The molecule has 115 valence electrons. The van der Waals surface area contributed by atoms with Gasteiger partial charge in [0.2, 0.25) is 0 Å². The van der Waals surface area contributed by atoms with Gasteiger partial charge in [-0.1, -0.05) is 78.6 Å².